The summed E-state index contributed by atoms with van der Waals surface area (Å²) < 4.78 is -1.98. The number of carboxylic acid groups (broad SMARTS) is 1. The Hall–Kier alpha value is -0.820. The molecule has 1 aromatic carbocycles. The summed E-state index contributed by atoms with van der Waals surface area (Å²) in [4.78, 5) is 10.7. The highest BCUT2D eigenvalue weighted by Crippen LogP contribution is 2.25. The lowest BCUT2D eigenvalue weighted by Gasteiger charge is -2.21. The van der Waals surface area contributed by atoms with Crippen LogP contribution in [0.5, 0.6) is 0 Å². The lowest BCUT2D eigenvalue weighted by atomic mass is 10.1. The molecule has 0 heterocycles. The Morgan fingerprint density at radius 2 is 1.87 bits per heavy atom. The van der Waals surface area contributed by atoms with Crippen LogP contribution in [0.2, 0.25) is 0 Å². The number of alkyl halides is 1. The van der Waals surface area contributed by atoms with Crippen LogP contribution in [0.3, 0.4) is 0 Å². The minimum absolute atomic E-state index is 0.650. The van der Waals surface area contributed by atoms with E-state index in [9.17, 15) is 9.90 Å². The monoisotopic (exact) mass is 321 g/mol. The molecule has 0 aliphatic carbocycles. The summed E-state index contributed by atoms with van der Waals surface area (Å²) in [6.07, 6.45) is 0. The van der Waals surface area contributed by atoms with Gasteiger partial charge in [-0.3, -0.25) is 0 Å². The van der Waals surface area contributed by atoms with E-state index in [-0.39, 0.29) is 0 Å². The van der Waals surface area contributed by atoms with Crippen LogP contribution in [0.4, 0.5) is 5.69 Å². The van der Waals surface area contributed by atoms with Gasteiger partial charge in [-0.25, -0.2) is 4.79 Å². The molecule has 3 N–H and O–H groups in total. The zero-order valence-corrected chi connectivity index (χ0v) is 10.6. The molecular weight excluding hydrogens is 309 g/mol. The highest BCUT2D eigenvalue weighted by atomic mass is 127. The first-order valence-electron chi connectivity index (χ1n) is 4.33. The van der Waals surface area contributed by atoms with Crippen molar-refractivity contribution in [3.63, 3.8) is 0 Å². The summed E-state index contributed by atoms with van der Waals surface area (Å²) in [6, 6.07) is 5.58. The number of halogens is 1. The first kappa shape index (κ1) is 12.3. The molecule has 1 atom stereocenters. The number of carboxylic acids is 1. The second-order valence-electron chi connectivity index (χ2n) is 3.32. The molecule has 0 saturated carbocycles. The molecule has 0 aromatic heterocycles. The molecule has 0 radical (unpaired) electrons. The van der Waals surface area contributed by atoms with Crippen LogP contribution in [0.15, 0.2) is 18.2 Å². The van der Waals surface area contributed by atoms with Gasteiger partial charge >= 0.3 is 5.97 Å². The first-order chi connectivity index (χ1) is 6.84. The molecule has 0 spiro atoms. The van der Waals surface area contributed by atoms with E-state index in [4.69, 9.17) is 5.11 Å². The average Bonchev–Trinajstić information content (AvgIpc) is 2.11. The van der Waals surface area contributed by atoms with E-state index in [0.717, 1.165) is 11.1 Å². The lowest BCUT2D eigenvalue weighted by Crippen LogP contribution is -2.40. The Bertz CT molecular complexity index is 370. The quantitative estimate of drug-likeness (QED) is 0.344. The minimum atomic E-state index is -1.98. The number of aryl methyl sites for hydroxylation is 2. The predicted octanol–water partition coefficient (Wildman–Crippen LogP) is 1.88. The smallest absolute Gasteiger partial charge is 0.368 e. The third-order valence-electron chi connectivity index (χ3n) is 2.06. The summed E-state index contributed by atoms with van der Waals surface area (Å²) >= 11 is 1.45. The highest BCUT2D eigenvalue weighted by molar-refractivity contribution is 14.1. The topological polar surface area (TPSA) is 69.6 Å². The van der Waals surface area contributed by atoms with Gasteiger partial charge in [0, 0.05) is 5.69 Å². The molecule has 0 fully saturated rings. The highest BCUT2D eigenvalue weighted by Gasteiger charge is 2.32. The predicted molar refractivity (Wildman–Crippen MR) is 66.1 cm³/mol. The maximum Gasteiger partial charge on any atom is 0.368 e. The van der Waals surface area contributed by atoms with Crippen molar-refractivity contribution in [1.82, 2.24) is 0 Å². The van der Waals surface area contributed by atoms with Crippen LogP contribution in [0.1, 0.15) is 11.1 Å². The molecule has 0 aliphatic heterocycles. The Morgan fingerprint density at radius 1 is 1.40 bits per heavy atom. The van der Waals surface area contributed by atoms with Crippen molar-refractivity contribution >= 4 is 34.2 Å². The van der Waals surface area contributed by atoms with Crippen LogP contribution in [-0.2, 0) is 4.79 Å². The van der Waals surface area contributed by atoms with Crippen LogP contribution >= 0.6 is 22.6 Å². The second-order valence-corrected chi connectivity index (χ2v) is 4.88. The van der Waals surface area contributed by atoms with E-state index in [1.807, 2.05) is 32.0 Å². The summed E-state index contributed by atoms with van der Waals surface area (Å²) in [5.74, 6) is -1.31. The van der Waals surface area contributed by atoms with Crippen molar-refractivity contribution < 1.29 is 15.0 Å². The average molecular weight is 321 g/mol. The molecule has 1 aromatic rings. The van der Waals surface area contributed by atoms with E-state index >= 15 is 0 Å². The number of aliphatic carboxylic acids is 1. The Kier molecular flexibility index (Phi) is 3.56. The Balaban J connectivity index is 3.04. The third-order valence-corrected chi connectivity index (χ3v) is 2.79. The number of hydrogen-bond acceptors (Lipinski definition) is 3. The summed E-state index contributed by atoms with van der Waals surface area (Å²) in [5.41, 5.74) is 2.44. The number of rotatable bonds is 3. The zero-order chi connectivity index (χ0) is 11.6. The van der Waals surface area contributed by atoms with Gasteiger partial charge in [0.1, 0.15) is 0 Å². The Labute approximate surface area is 101 Å². The summed E-state index contributed by atoms with van der Waals surface area (Å²) in [7, 11) is 0. The van der Waals surface area contributed by atoms with Gasteiger partial charge in [-0.05, 0) is 47.6 Å². The van der Waals surface area contributed by atoms with Crippen molar-refractivity contribution in [2.75, 3.05) is 5.32 Å². The van der Waals surface area contributed by atoms with Crippen LogP contribution in [0.25, 0.3) is 0 Å². The zero-order valence-electron chi connectivity index (χ0n) is 8.41. The molecule has 4 nitrogen and oxygen atoms in total. The number of benzene rings is 1. The molecule has 5 heteroatoms. The molecule has 1 unspecified atom stereocenters. The normalized spacial score (nSPS) is 14.4. The molecule has 0 saturated heterocycles. The number of nitrogens with one attached hydrogen (secondary N) is 1. The lowest BCUT2D eigenvalue weighted by molar-refractivity contribution is -0.146. The van der Waals surface area contributed by atoms with E-state index in [1.54, 1.807) is 0 Å². The van der Waals surface area contributed by atoms with E-state index in [2.05, 4.69) is 5.32 Å². The SMILES string of the molecule is Cc1cccc(C)c1NC(O)(I)C(=O)O. The van der Waals surface area contributed by atoms with E-state index in [0.29, 0.717) is 5.69 Å². The molecule has 15 heavy (non-hydrogen) atoms. The van der Waals surface area contributed by atoms with E-state index < -0.39 is 9.70 Å². The fourth-order valence-electron chi connectivity index (χ4n) is 1.23. The van der Waals surface area contributed by atoms with Gasteiger partial charge in [-0.1, -0.05) is 18.2 Å². The third kappa shape index (κ3) is 2.82. The summed E-state index contributed by atoms with van der Waals surface area (Å²) in [6.45, 7) is 3.70. The van der Waals surface area contributed by atoms with Gasteiger partial charge in [0.25, 0.3) is 3.73 Å². The van der Waals surface area contributed by atoms with Gasteiger partial charge in [0.05, 0.1) is 0 Å². The molecule has 82 valence electrons. The maximum absolute atomic E-state index is 10.7. The fourth-order valence-corrected chi connectivity index (χ4v) is 1.50. The van der Waals surface area contributed by atoms with Gasteiger partial charge in [0.2, 0.25) is 0 Å². The molecule has 1 rings (SSSR count). The minimum Gasteiger partial charge on any atom is -0.477 e. The number of aliphatic hydroxyl groups is 1. The van der Waals surface area contributed by atoms with Crippen molar-refractivity contribution in [3.05, 3.63) is 29.3 Å². The molecule has 0 aliphatic rings. The Morgan fingerprint density at radius 3 is 2.27 bits per heavy atom. The standard InChI is InChI=1S/C10H12INO3/c1-6-4-3-5-7(2)8(6)12-10(11,15)9(13)14/h3-5,12,15H,1-2H3,(H,13,14). The number of carbonyl (C=O) groups is 1. The van der Waals surface area contributed by atoms with Crippen LogP contribution in [0, 0.1) is 13.8 Å². The van der Waals surface area contributed by atoms with Gasteiger partial charge < -0.3 is 15.5 Å². The van der Waals surface area contributed by atoms with Gasteiger partial charge in [-0.2, -0.15) is 0 Å². The van der Waals surface area contributed by atoms with Crippen LogP contribution < -0.4 is 5.32 Å². The van der Waals surface area contributed by atoms with Crippen molar-refractivity contribution in [3.8, 4) is 0 Å². The van der Waals surface area contributed by atoms with Gasteiger partial charge in [-0.15, -0.1) is 0 Å². The number of para-hydroxylation sites is 1. The second kappa shape index (κ2) is 4.36. The molecule has 0 bridgehead atoms. The molecular formula is C10H12INO3. The van der Waals surface area contributed by atoms with Crippen molar-refractivity contribution in [2.24, 2.45) is 0 Å². The fraction of sp³-hybridized carbons (Fsp3) is 0.300. The number of hydrogen-bond donors (Lipinski definition) is 3. The largest absolute Gasteiger partial charge is 0.477 e. The van der Waals surface area contributed by atoms with Crippen LogP contribution in [-0.4, -0.2) is 19.9 Å². The van der Waals surface area contributed by atoms with Crippen molar-refractivity contribution in [1.29, 1.82) is 0 Å². The number of anilines is 1. The first-order valence-corrected chi connectivity index (χ1v) is 5.41. The van der Waals surface area contributed by atoms with Crippen molar-refractivity contribution in [2.45, 2.75) is 17.6 Å². The molecule has 0 amide bonds. The van der Waals surface area contributed by atoms with Gasteiger partial charge in [0.15, 0.2) is 0 Å². The van der Waals surface area contributed by atoms with E-state index in [1.165, 1.54) is 22.6 Å². The summed E-state index contributed by atoms with van der Waals surface area (Å²) in [5, 5.41) is 20.9. The maximum atomic E-state index is 10.7.